The molecule has 0 atom stereocenters. The molecule has 1 aliphatic rings. The molecule has 11 heteroatoms. The zero-order valence-corrected chi connectivity index (χ0v) is 17.0. The van der Waals surface area contributed by atoms with Crippen LogP contribution in [0.2, 0.25) is 0 Å². The van der Waals surface area contributed by atoms with Crippen molar-refractivity contribution in [2.45, 2.75) is 32.1 Å². The lowest BCUT2D eigenvalue weighted by Gasteiger charge is -2.35. The lowest BCUT2D eigenvalue weighted by Crippen LogP contribution is -2.55. The first-order chi connectivity index (χ1) is 12.6. The summed E-state index contributed by atoms with van der Waals surface area (Å²) in [6.45, 7) is 7.51. The van der Waals surface area contributed by atoms with E-state index in [0.29, 0.717) is 37.8 Å². The lowest BCUT2D eigenvalue weighted by atomic mass is 10.1. The van der Waals surface area contributed by atoms with Crippen LogP contribution in [0.15, 0.2) is 21.8 Å². The number of amides is 1. The van der Waals surface area contributed by atoms with Crippen molar-refractivity contribution in [2.24, 2.45) is 4.99 Å². The predicted molar refractivity (Wildman–Crippen MR) is 102 cm³/mol. The predicted octanol–water partition coefficient (Wildman–Crippen LogP) is -0.388. The van der Waals surface area contributed by atoms with E-state index in [9.17, 15) is 13.2 Å². The Balaban J connectivity index is 1.85. The van der Waals surface area contributed by atoms with E-state index in [0.717, 1.165) is 0 Å². The SMILES string of the molecule is CN=C(NCC(=O)NC(C)(C)C)N1CCN(S(=O)(=O)Cc2ccon2)CC1. The number of nitrogens with zero attached hydrogens (tertiary/aromatic N) is 4. The normalized spacial score (nSPS) is 17.0. The van der Waals surface area contributed by atoms with Gasteiger partial charge < -0.3 is 20.1 Å². The summed E-state index contributed by atoms with van der Waals surface area (Å²) in [6.07, 6.45) is 1.36. The van der Waals surface area contributed by atoms with Crippen LogP contribution in [0.3, 0.4) is 0 Å². The second kappa shape index (κ2) is 8.70. The highest BCUT2D eigenvalue weighted by Gasteiger charge is 2.29. The Morgan fingerprint density at radius 1 is 1.30 bits per heavy atom. The van der Waals surface area contributed by atoms with E-state index in [1.165, 1.54) is 10.6 Å². The molecule has 2 heterocycles. The molecule has 0 unspecified atom stereocenters. The van der Waals surface area contributed by atoms with Gasteiger partial charge >= 0.3 is 0 Å². The van der Waals surface area contributed by atoms with Gasteiger partial charge in [0, 0.05) is 44.8 Å². The minimum absolute atomic E-state index is 0.106. The smallest absolute Gasteiger partial charge is 0.239 e. The Hall–Kier alpha value is -2.14. The molecule has 1 aromatic heterocycles. The molecular weight excluding hydrogens is 372 g/mol. The van der Waals surface area contributed by atoms with Crippen molar-refractivity contribution >= 4 is 21.9 Å². The van der Waals surface area contributed by atoms with Gasteiger partial charge in [0.1, 0.15) is 12.0 Å². The van der Waals surface area contributed by atoms with E-state index in [2.05, 4.69) is 25.3 Å². The second-order valence-electron chi connectivity index (χ2n) is 7.33. The molecule has 0 aliphatic carbocycles. The molecule has 27 heavy (non-hydrogen) atoms. The van der Waals surface area contributed by atoms with Crippen molar-refractivity contribution in [2.75, 3.05) is 39.8 Å². The van der Waals surface area contributed by atoms with Crippen molar-refractivity contribution in [3.8, 4) is 0 Å². The number of nitrogens with one attached hydrogen (secondary N) is 2. The summed E-state index contributed by atoms with van der Waals surface area (Å²) in [5, 5.41) is 9.56. The minimum atomic E-state index is -3.45. The highest BCUT2D eigenvalue weighted by Crippen LogP contribution is 2.12. The molecule has 2 rings (SSSR count). The number of piperazine rings is 1. The summed E-state index contributed by atoms with van der Waals surface area (Å²) < 4.78 is 31.1. The number of aromatic nitrogens is 1. The van der Waals surface area contributed by atoms with Crippen LogP contribution in [-0.4, -0.2) is 80.0 Å². The maximum atomic E-state index is 12.5. The van der Waals surface area contributed by atoms with Crippen LogP contribution in [0.4, 0.5) is 0 Å². The summed E-state index contributed by atoms with van der Waals surface area (Å²) in [6, 6.07) is 1.54. The Kier molecular flexibility index (Phi) is 6.82. The van der Waals surface area contributed by atoms with Gasteiger partial charge in [0.15, 0.2) is 5.96 Å². The number of aliphatic imine (C=N–C) groups is 1. The number of guanidine groups is 1. The van der Waals surface area contributed by atoms with E-state index in [1.807, 2.05) is 25.7 Å². The average molecular weight is 401 g/mol. The average Bonchev–Trinajstić information content (AvgIpc) is 3.06. The Morgan fingerprint density at radius 3 is 2.48 bits per heavy atom. The van der Waals surface area contributed by atoms with Gasteiger partial charge in [-0.3, -0.25) is 9.79 Å². The molecule has 10 nitrogen and oxygen atoms in total. The topological polar surface area (TPSA) is 120 Å². The molecule has 1 aliphatic heterocycles. The van der Waals surface area contributed by atoms with E-state index in [1.54, 1.807) is 13.1 Å². The maximum absolute atomic E-state index is 12.5. The van der Waals surface area contributed by atoms with Gasteiger partial charge in [0.05, 0.1) is 12.2 Å². The van der Waals surface area contributed by atoms with E-state index in [4.69, 9.17) is 0 Å². The van der Waals surface area contributed by atoms with Crippen LogP contribution in [0.25, 0.3) is 0 Å². The Labute approximate surface area is 160 Å². The van der Waals surface area contributed by atoms with Gasteiger partial charge in [-0.15, -0.1) is 0 Å². The Morgan fingerprint density at radius 2 is 1.96 bits per heavy atom. The van der Waals surface area contributed by atoms with E-state index in [-0.39, 0.29) is 23.7 Å². The summed E-state index contributed by atoms with van der Waals surface area (Å²) in [7, 11) is -1.81. The minimum Gasteiger partial charge on any atom is -0.364 e. The molecule has 152 valence electrons. The summed E-state index contributed by atoms with van der Waals surface area (Å²) in [5.74, 6) is 0.272. The van der Waals surface area contributed by atoms with Crippen molar-refractivity contribution in [1.29, 1.82) is 0 Å². The van der Waals surface area contributed by atoms with Crippen molar-refractivity contribution in [3.63, 3.8) is 0 Å². The number of hydrogen-bond acceptors (Lipinski definition) is 6. The van der Waals surface area contributed by atoms with Crippen LogP contribution in [0.1, 0.15) is 26.5 Å². The first-order valence-electron chi connectivity index (χ1n) is 8.74. The monoisotopic (exact) mass is 400 g/mol. The first-order valence-corrected chi connectivity index (χ1v) is 10.4. The molecule has 2 N–H and O–H groups in total. The zero-order valence-electron chi connectivity index (χ0n) is 16.2. The number of rotatable bonds is 5. The van der Waals surface area contributed by atoms with Crippen molar-refractivity contribution < 1.29 is 17.7 Å². The highest BCUT2D eigenvalue weighted by atomic mass is 32.2. The Bertz CT molecular complexity index is 746. The van der Waals surface area contributed by atoms with Gasteiger partial charge in [-0.2, -0.15) is 4.31 Å². The third-order valence-electron chi connectivity index (χ3n) is 3.89. The van der Waals surface area contributed by atoms with Gasteiger partial charge in [0.2, 0.25) is 15.9 Å². The van der Waals surface area contributed by atoms with Crippen molar-refractivity contribution in [3.05, 3.63) is 18.0 Å². The van der Waals surface area contributed by atoms with E-state index < -0.39 is 10.0 Å². The molecule has 0 bridgehead atoms. The van der Waals surface area contributed by atoms with Crippen LogP contribution >= 0.6 is 0 Å². The summed E-state index contributed by atoms with van der Waals surface area (Å²) in [4.78, 5) is 18.1. The molecule has 1 aromatic rings. The quantitative estimate of drug-likeness (QED) is 0.510. The molecule has 0 aromatic carbocycles. The number of carbonyl (C=O) groups is 1. The zero-order chi connectivity index (χ0) is 20.1. The van der Waals surface area contributed by atoms with Gasteiger partial charge in [-0.1, -0.05) is 5.16 Å². The maximum Gasteiger partial charge on any atom is 0.239 e. The second-order valence-corrected chi connectivity index (χ2v) is 9.30. The fourth-order valence-electron chi connectivity index (χ4n) is 2.72. The van der Waals surface area contributed by atoms with Gasteiger partial charge in [-0.05, 0) is 20.8 Å². The molecule has 0 spiro atoms. The van der Waals surface area contributed by atoms with Crippen LogP contribution in [0.5, 0.6) is 0 Å². The summed E-state index contributed by atoms with van der Waals surface area (Å²) in [5.41, 5.74) is 0.0892. The third-order valence-corrected chi connectivity index (χ3v) is 5.70. The van der Waals surface area contributed by atoms with Gasteiger partial charge in [-0.25, -0.2) is 8.42 Å². The molecule has 0 saturated carbocycles. The first kappa shape index (κ1) is 21.2. The van der Waals surface area contributed by atoms with Gasteiger partial charge in [0.25, 0.3) is 0 Å². The standard InChI is InChI=1S/C16H28N6O4S/c1-16(2,3)19-14(23)11-18-15(17-4)21-6-8-22(9-7-21)27(24,25)12-13-5-10-26-20-13/h5,10H,6-9,11-12H2,1-4H3,(H,17,18)(H,19,23). The molecule has 1 saturated heterocycles. The third kappa shape index (κ3) is 6.51. The fourth-order valence-corrected chi connectivity index (χ4v) is 4.15. The number of hydrogen-bond donors (Lipinski definition) is 2. The largest absolute Gasteiger partial charge is 0.364 e. The summed E-state index contributed by atoms with van der Waals surface area (Å²) >= 11 is 0. The molecule has 0 radical (unpaired) electrons. The van der Waals surface area contributed by atoms with Crippen molar-refractivity contribution in [1.82, 2.24) is 25.0 Å². The van der Waals surface area contributed by atoms with Crippen LogP contribution < -0.4 is 10.6 Å². The number of sulfonamides is 1. The van der Waals surface area contributed by atoms with Crippen LogP contribution in [0, 0.1) is 0 Å². The lowest BCUT2D eigenvalue weighted by molar-refractivity contribution is -0.121. The molecular formula is C16H28N6O4S. The molecule has 1 amide bonds. The molecule has 1 fully saturated rings. The highest BCUT2D eigenvalue weighted by molar-refractivity contribution is 7.88. The van der Waals surface area contributed by atoms with E-state index >= 15 is 0 Å². The number of carbonyl (C=O) groups excluding carboxylic acids is 1. The fraction of sp³-hybridized carbons (Fsp3) is 0.688. The van der Waals surface area contributed by atoms with Crippen LogP contribution in [-0.2, 0) is 20.6 Å².